The van der Waals surface area contributed by atoms with Crippen molar-refractivity contribution in [2.45, 2.75) is 0 Å². The topological polar surface area (TPSA) is 6.48 Å². The van der Waals surface area contributed by atoms with Crippen LogP contribution in [-0.4, -0.2) is 0 Å². The Labute approximate surface area is 101 Å². The van der Waals surface area contributed by atoms with E-state index in [0.29, 0.717) is 0 Å². The van der Waals surface area contributed by atoms with Crippen molar-refractivity contribution in [2.24, 2.45) is 0 Å². The molecule has 0 spiro atoms. The highest BCUT2D eigenvalue weighted by molar-refractivity contribution is 5.62. The average molecular weight is 221 g/mol. The number of benzene rings is 2. The Hall–Kier alpha value is -2.22. The molecule has 2 aromatic carbocycles. The van der Waals surface area contributed by atoms with Gasteiger partial charge < -0.3 is 9.80 Å². The maximum atomic E-state index is 2.10. The van der Waals surface area contributed by atoms with Crippen molar-refractivity contribution in [3.8, 4) is 0 Å². The van der Waals surface area contributed by atoms with Gasteiger partial charge in [-0.2, -0.15) is 0 Å². The quantitative estimate of drug-likeness (QED) is 0.764. The molecule has 0 aromatic heterocycles. The third-order valence-electron chi connectivity index (χ3n) is 2.75. The van der Waals surface area contributed by atoms with E-state index >= 15 is 0 Å². The van der Waals surface area contributed by atoms with Crippen LogP contribution in [0.2, 0.25) is 0 Å². The zero-order chi connectivity index (χ0) is 11.5. The van der Waals surface area contributed by atoms with Crippen molar-refractivity contribution in [3.63, 3.8) is 0 Å². The second-order valence-corrected chi connectivity index (χ2v) is 3.90. The molecule has 1 radical (unpaired) electrons. The average Bonchev–Trinajstić information content (AvgIpc) is 2.90. The number of hydrogen-bond donors (Lipinski definition) is 0. The molecule has 83 valence electrons. The van der Waals surface area contributed by atoms with Crippen LogP contribution >= 0.6 is 0 Å². The maximum absolute atomic E-state index is 2.10. The van der Waals surface area contributed by atoms with Crippen LogP contribution in [0.1, 0.15) is 0 Å². The van der Waals surface area contributed by atoms with Crippen LogP contribution in [0.25, 0.3) is 0 Å². The third kappa shape index (κ3) is 2.02. The monoisotopic (exact) mass is 221 g/mol. The van der Waals surface area contributed by atoms with Crippen molar-refractivity contribution in [1.82, 2.24) is 0 Å². The van der Waals surface area contributed by atoms with Gasteiger partial charge in [0.2, 0.25) is 0 Å². The van der Waals surface area contributed by atoms with Crippen LogP contribution in [0.5, 0.6) is 0 Å². The first-order chi connectivity index (χ1) is 8.43. The predicted octanol–water partition coefficient (Wildman–Crippen LogP) is 3.60. The van der Waals surface area contributed by atoms with Gasteiger partial charge in [-0.25, -0.2) is 0 Å². The van der Waals surface area contributed by atoms with E-state index in [1.165, 1.54) is 11.4 Å². The minimum Gasteiger partial charge on any atom is -0.322 e. The Morgan fingerprint density at radius 1 is 0.529 bits per heavy atom. The summed E-state index contributed by atoms with van der Waals surface area (Å²) in [5.74, 6) is 0. The molecule has 3 rings (SSSR count). The molecule has 0 saturated heterocycles. The lowest BCUT2D eigenvalue weighted by atomic mass is 10.3. The predicted molar refractivity (Wildman–Crippen MR) is 71.3 cm³/mol. The lowest BCUT2D eigenvalue weighted by Crippen LogP contribution is -2.17. The molecule has 0 amide bonds. The summed E-state index contributed by atoms with van der Waals surface area (Å²) in [5.41, 5.74) is 2.34. The molecule has 0 saturated carbocycles. The van der Waals surface area contributed by atoms with E-state index in [4.69, 9.17) is 0 Å². The number of hydrogen-bond acceptors (Lipinski definition) is 2. The Balaban J connectivity index is 1.78. The molecule has 0 aliphatic carbocycles. The van der Waals surface area contributed by atoms with Crippen LogP contribution in [0.15, 0.2) is 73.1 Å². The van der Waals surface area contributed by atoms with E-state index in [1.807, 2.05) is 36.4 Å². The summed E-state index contributed by atoms with van der Waals surface area (Å²) in [7, 11) is 0. The van der Waals surface area contributed by atoms with Crippen LogP contribution in [-0.2, 0) is 0 Å². The van der Waals surface area contributed by atoms with Crippen molar-refractivity contribution >= 4 is 11.4 Å². The highest BCUT2D eigenvalue weighted by Crippen LogP contribution is 2.25. The third-order valence-corrected chi connectivity index (χ3v) is 2.75. The largest absolute Gasteiger partial charge is 0.322 e. The van der Waals surface area contributed by atoms with Crippen molar-refractivity contribution in [3.05, 3.63) is 79.7 Å². The normalized spacial score (nSPS) is 14.4. The van der Waals surface area contributed by atoms with Crippen molar-refractivity contribution in [1.29, 1.82) is 0 Å². The molecular weight excluding hydrogens is 208 g/mol. The van der Waals surface area contributed by atoms with Gasteiger partial charge in [-0.05, 0) is 24.3 Å². The molecule has 0 N–H and O–H groups in total. The van der Waals surface area contributed by atoms with Gasteiger partial charge in [0.15, 0.2) is 6.67 Å². The lowest BCUT2D eigenvalue weighted by Gasteiger charge is -2.20. The first-order valence-electron chi connectivity index (χ1n) is 5.63. The van der Waals surface area contributed by atoms with Crippen molar-refractivity contribution in [2.75, 3.05) is 9.80 Å². The molecular formula is C15H13N2. The van der Waals surface area contributed by atoms with Gasteiger partial charge in [0.25, 0.3) is 0 Å². The zero-order valence-electron chi connectivity index (χ0n) is 9.40. The molecule has 1 heterocycles. The van der Waals surface area contributed by atoms with Gasteiger partial charge in [0.05, 0.1) is 0 Å². The molecule has 0 bridgehead atoms. The van der Waals surface area contributed by atoms with Crippen molar-refractivity contribution < 1.29 is 0 Å². The van der Waals surface area contributed by atoms with E-state index in [2.05, 4.69) is 53.1 Å². The molecule has 2 heteroatoms. The molecule has 0 unspecified atom stereocenters. The van der Waals surface area contributed by atoms with Crippen LogP contribution in [0, 0.1) is 6.67 Å². The SMILES string of the molecule is [CH]1N(c2ccccc2)C=CN1c1ccccc1. The minimum atomic E-state index is 1.17. The first-order valence-corrected chi connectivity index (χ1v) is 5.63. The van der Waals surface area contributed by atoms with Crippen LogP contribution < -0.4 is 9.80 Å². The molecule has 1 aliphatic heterocycles. The zero-order valence-corrected chi connectivity index (χ0v) is 9.40. The summed E-state index contributed by atoms with van der Waals surface area (Å²) >= 11 is 0. The first kappa shape index (κ1) is 9.97. The van der Waals surface area contributed by atoms with E-state index in [9.17, 15) is 0 Å². The van der Waals surface area contributed by atoms with Crippen LogP contribution in [0.3, 0.4) is 0 Å². The molecule has 1 aliphatic rings. The molecule has 0 fully saturated rings. The van der Waals surface area contributed by atoms with Gasteiger partial charge in [-0.1, -0.05) is 36.4 Å². The molecule has 17 heavy (non-hydrogen) atoms. The fourth-order valence-electron chi connectivity index (χ4n) is 1.86. The van der Waals surface area contributed by atoms with Gasteiger partial charge in [-0.15, -0.1) is 0 Å². The van der Waals surface area contributed by atoms with E-state index in [0.717, 1.165) is 0 Å². The maximum Gasteiger partial charge on any atom is 0.150 e. The van der Waals surface area contributed by atoms with Crippen LogP contribution in [0.4, 0.5) is 11.4 Å². The summed E-state index contributed by atoms with van der Waals surface area (Å²) in [4.78, 5) is 4.21. The summed E-state index contributed by atoms with van der Waals surface area (Å²) in [5, 5.41) is 0. The smallest absolute Gasteiger partial charge is 0.150 e. The van der Waals surface area contributed by atoms with Gasteiger partial charge >= 0.3 is 0 Å². The lowest BCUT2D eigenvalue weighted by molar-refractivity contribution is 1.11. The number of nitrogens with zero attached hydrogens (tertiary/aromatic N) is 2. The Morgan fingerprint density at radius 2 is 0.941 bits per heavy atom. The minimum absolute atomic E-state index is 1.17. The fraction of sp³-hybridized carbons (Fsp3) is 0. The highest BCUT2D eigenvalue weighted by Gasteiger charge is 2.15. The highest BCUT2D eigenvalue weighted by atomic mass is 15.3. The van der Waals surface area contributed by atoms with E-state index < -0.39 is 0 Å². The number of para-hydroxylation sites is 2. The molecule has 2 nitrogen and oxygen atoms in total. The van der Waals surface area contributed by atoms with E-state index in [-0.39, 0.29) is 0 Å². The second-order valence-electron chi connectivity index (χ2n) is 3.90. The summed E-state index contributed by atoms with van der Waals surface area (Å²) in [6, 6.07) is 20.6. The number of anilines is 2. The summed E-state index contributed by atoms with van der Waals surface area (Å²) in [6.07, 6.45) is 4.12. The summed E-state index contributed by atoms with van der Waals surface area (Å²) in [6.45, 7) is 2.07. The molecule has 0 atom stereocenters. The fourth-order valence-corrected chi connectivity index (χ4v) is 1.86. The number of rotatable bonds is 2. The van der Waals surface area contributed by atoms with Gasteiger partial charge in [0.1, 0.15) is 0 Å². The molecule has 2 aromatic rings. The summed E-state index contributed by atoms with van der Waals surface area (Å²) < 4.78 is 0. The van der Waals surface area contributed by atoms with Gasteiger partial charge in [0, 0.05) is 23.8 Å². The Kier molecular flexibility index (Phi) is 2.54. The second kappa shape index (κ2) is 4.34. The Morgan fingerprint density at radius 3 is 1.35 bits per heavy atom. The van der Waals surface area contributed by atoms with E-state index in [1.54, 1.807) is 0 Å². The standard InChI is InChI=1S/C15H13N2/c1-3-7-14(8-4-1)16-11-12-17(13-16)15-9-5-2-6-10-15/h1-13H. The Bertz CT molecular complexity index is 457. The van der Waals surface area contributed by atoms with Gasteiger partial charge in [-0.3, -0.25) is 0 Å².